The first kappa shape index (κ1) is 16.7. The Kier molecular flexibility index (Phi) is 5.54. The van der Waals surface area contributed by atoms with Gasteiger partial charge in [-0.05, 0) is 37.1 Å². The number of rotatable bonds is 4. The Morgan fingerprint density at radius 1 is 1.35 bits per heavy atom. The van der Waals surface area contributed by atoms with E-state index in [1.165, 1.54) is 0 Å². The van der Waals surface area contributed by atoms with Gasteiger partial charge in [0.2, 0.25) is 5.91 Å². The number of β-amino-alcohol motifs (C(OH)–C–C–N with tert-alkyl or cyclic N) is 1. The Morgan fingerprint density at radius 2 is 2.13 bits per heavy atom. The smallest absolute Gasteiger partial charge is 0.240 e. The first-order valence-electron chi connectivity index (χ1n) is 8.19. The van der Waals surface area contributed by atoms with Crippen LogP contribution in [0.5, 0.6) is 0 Å². The molecule has 0 aromatic heterocycles. The number of aliphatic hydroxyl groups is 1. The fourth-order valence-corrected chi connectivity index (χ4v) is 3.56. The molecular weight excluding hydrogens is 316 g/mol. The van der Waals surface area contributed by atoms with Gasteiger partial charge in [-0.3, -0.25) is 9.69 Å². The minimum Gasteiger partial charge on any atom is -0.387 e. The molecule has 0 spiro atoms. The first-order valence-corrected chi connectivity index (χ1v) is 8.57. The molecule has 6 heteroatoms. The molecule has 3 rings (SSSR count). The van der Waals surface area contributed by atoms with Crippen LogP contribution < -0.4 is 0 Å². The maximum absolute atomic E-state index is 12.7. The van der Waals surface area contributed by atoms with Crippen molar-refractivity contribution in [3.05, 3.63) is 34.9 Å². The van der Waals surface area contributed by atoms with Crippen LogP contribution in [0.3, 0.4) is 0 Å². The lowest BCUT2D eigenvalue weighted by Gasteiger charge is -2.33. The lowest BCUT2D eigenvalue weighted by atomic mass is 10.1. The normalized spacial score (nSPS) is 23.9. The monoisotopic (exact) mass is 338 g/mol. The van der Waals surface area contributed by atoms with Crippen LogP contribution in [0, 0.1) is 0 Å². The first-order chi connectivity index (χ1) is 11.1. The van der Waals surface area contributed by atoms with Crippen LogP contribution in [-0.4, -0.2) is 66.2 Å². The quantitative estimate of drug-likeness (QED) is 0.908. The molecule has 1 aromatic carbocycles. The molecule has 0 unspecified atom stereocenters. The van der Waals surface area contributed by atoms with Crippen LogP contribution in [0.2, 0.25) is 5.02 Å². The average molecular weight is 339 g/mol. The highest BCUT2D eigenvalue weighted by molar-refractivity contribution is 6.30. The summed E-state index contributed by atoms with van der Waals surface area (Å²) in [7, 11) is 0. The van der Waals surface area contributed by atoms with Crippen molar-refractivity contribution in [2.24, 2.45) is 0 Å². The van der Waals surface area contributed by atoms with Crippen LogP contribution in [0.1, 0.15) is 24.5 Å². The minimum atomic E-state index is -0.633. The van der Waals surface area contributed by atoms with Gasteiger partial charge in [-0.2, -0.15) is 0 Å². The van der Waals surface area contributed by atoms with Crippen molar-refractivity contribution < 1.29 is 14.6 Å². The van der Waals surface area contributed by atoms with Gasteiger partial charge in [0.05, 0.1) is 25.4 Å². The topological polar surface area (TPSA) is 53.0 Å². The van der Waals surface area contributed by atoms with Crippen LogP contribution >= 0.6 is 11.6 Å². The van der Waals surface area contributed by atoms with Gasteiger partial charge in [-0.1, -0.05) is 23.7 Å². The lowest BCUT2D eigenvalue weighted by molar-refractivity contribution is -0.140. The number of carbonyl (C=O) groups is 1. The summed E-state index contributed by atoms with van der Waals surface area (Å²) < 4.78 is 5.31. The second-order valence-corrected chi connectivity index (χ2v) is 6.60. The maximum Gasteiger partial charge on any atom is 0.240 e. The lowest BCUT2D eigenvalue weighted by Crippen LogP contribution is -2.50. The fourth-order valence-electron chi connectivity index (χ4n) is 3.36. The van der Waals surface area contributed by atoms with Crippen LogP contribution in [0.4, 0.5) is 0 Å². The Labute approximate surface area is 141 Å². The summed E-state index contributed by atoms with van der Waals surface area (Å²) in [4.78, 5) is 16.7. The molecule has 2 aliphatic heterocycles. The van der Waals surface area contributed by atoms with E-state index in [9.17, 15) is 9.90 Å². The Morgan fingerprint density at radius 3 is 2.87 bits per heavy atom. The van der Waals surface area contributed by atoms with Gasteiger partial charge in [0.15, 0.2) is 0 Å². The van der Waals surface area contributed by atoms with Crippen molar-refractivity contribution in [1.29, 1.82) is 0 Å². The molecule has 2 saturated heterocycles. The van der Waals surface area contributed by atoms with E-state index in [1.807, 2.05) is 17.0 Å². The molecule has 1 aromatic rings. The number of aliphatic hydroxyl groups excluding tert-OH is 1. The number of benzene rings is 1. The number of hydrogen-bond donors (Lipinski definition) is 1. The third kappa shape index (κ3) is 4.04. The zero-order valence-electron chi connectivity index (χ0n) is 13.2. The molecule has 1 N–H and O–H groups in total. The number of morpholine rings is 1. The highest BCUT2D eigenvalue weighted by Crippen LogP contribution is 2.25. The molecule has 2 heterocycles. The zero-order valence-corrected chi connectivity index (χ0v) is 13.9. The standard InChI is InChI=1S/C17H23ClN2O3/c18-14-4-1-3-13(11-14)16(21)12-20-6-2-5-15(20)17(22)19-7-9-23-10-8-19/h1,3-4,11,15-16,21H,2,5-10,12H2/t15-,16-/m0/s1. The van der Waals surface area contributed by atoms with E-state index in [4.69, 9.17) is 16.3 Å². The molecule has 5 nitrogen and oxygen atoms in total. The summed E-state index contributed by atoms with van der Waals surface area (Å²) in [5.41, 5.74) is 0.793. The fraction of sp³-hybridized carbons (Fsp3) is 0.588. The largest absolute Gasteiger partial charge is 0.387 e. The second-order valence-electron chi connectivity index (χ2n) is 6.16. The maximum atomic E-state index is 12.7. The third-order valence-corrected chi connectivity index (χ3v) is 4.85. The summed E-state index contributed by atoms with van der Waals surface area (Å²) in [5, 5.41) is 11.1. The number of hydrogen-bond acceptors (Lipinski definition) is 4. The van der Waals surface area contributed by atoms with Gasteiger partial charge in [-0.15, -0.1) is 0 Å². The van der Waals surface area contributed by atoms with E-state index in [-0.39, 0.29) is 11.9 Å². The third-order valence-electron chi connectivity index (χ3n) is 4.61. The summed E-state index contributed by atoms with van der Waals surface area (Å²) in [6, 6.07) is 7.15. The number of halogens is 1. The molecule has 126 valence electrons. The number of ether oxygens (including phenoxy) is 1. The highest BCUT2D eigenvalue weighted by atomic mass is 35.5. The van der Waals surface area contributed by atoms with Crippen molar-refractivity contribution in [1.82, 2.24) is 9.80 Å². The van der Waals surface area contributed by atoms with Gasteiger partial charge < -0.3 is 14.7 Å². The number of carbonyl (C=O) groups excluding carboxylic acids is 1. The molecule has 0 bridgehead atoms. The molecular formula is C17H23ClN2O3. The zero-order chi connectivity index (χ0) is 16.2. The molecule has 0 saturated carbocycles. The Hall–Kier alpha value is -1.14. The SMILES string of the molecule is O=C([C@@H]1CCCN1C[C@H](O)c1cccc(Cl)c1)N1CCOCC1. The molecule has 1 amide bonds. The van der Waals surface area contributed by atoms with Crippen molar-refractivity contribution in [3.8, 4) is 0 Å². The predicted molar refractivity (Wildman–Crippen MR) is 88.4 cm³/mol. The average Bonchev–Trinajstić information content (AvgIpc) is 3.03. The van der Waals surface area contributed by atoms with Crippen LogP contribution in [-0.2, 0) is 9.53 Å². The van der Waals surface area contributed by atoms with Crippen molar-refractivity contribution in [3.63, 3.8) is 0 Å². The van der Waals surface area contributed by atoms with E-state index in [2.05, 4.69) is 4.90 Å². The summed E-state index contributed by atoms with van der Waals surface area (Å²) in [6.45, 7) is 3.87. The van der Waals surface area contributed by atoms with E-state index in [0.29, 0.717) is 37.9 Å². The van der Waals surface area contributed by atoms with E-state index in [0.717, 1.165) is 24.9 Å². The summed E-state index contributed by atoms with van der Waals surface area (Å²) in [6.07, 6.45) is 1.22. The minimum absolute atomic E-state index is 0.123. The Bertz CT molecular complexity index is 548. The number of likely N-dealkylation sites (tertiary alicyclic amines) is 1. The molecule has 0 aliphatic carbocycles. The van der Waals surface area contributed by atoms with Crippen LogP contribution in [0.25, 0.3) is 0 Å². The van der Waals surface area contributed by atoms with Gasteiger partial charge in [-0.25, -0.2) is 0 Å². The van der Waals surface area contributed by atoms with Gasteiger partial charge in [0, 0.05) is 24.7 Å². The molecule has 2 atom stereocenters. The van der Waals surface area contributed by atoms with Gasteiger partial charge >= 0.3 is 0 Å². The second kappa shape index (κ2) is 7.62. The molecule has 2 aliphatic rings. The van der Waals surface area contributed by atoms with Gasteiger partial charge in [0.1, 0.15) is 0 Å². The van der Waals surface area contributed by atoms with Gasteiger partial charge in [0.25, 0.3) is 0 Å². The van der Waals surface area contributed by atoms with E-state index < -0.39 is 6.10 Å². The van der Waals surface area contributed by atoms with E-state index in [1.54, 1.807) is 12.1 Å². The summed E-state index contributed by atoms with van der Waals surface area (Å²) >= 11 is 5.99. The van der Waals surface area contributed by atoms with Crippen molar-refractivity contribution in [2.45, 2.75) is 25.0 Å². The molecule has 0 radical (unpaired) electrons. The Balaban J connectivity index is 1.63. The van der Waals surface area contributed by atoms with Crippen molar-refractivity contribution >= 4 is 17.5 Å². The molecule has 23 heavy (non-hydrogen) atoms. The van der Waals surface area contributed by atoms with E-state index >= 15 is 0 Å². The van der Waals surface area contributed by atoms with Crippen LogP contribution in [0.15, 0.2) is 24.3 Å². The number of amides is 1. The van der Waals surface area contributed by atoms with Crippen molar-refractivity contribution in [2.75, 3.05) is 39.4 Å². The summed E-state index contributed by atoms with van der Waals surface area (Å²) in [5.74, 6) is 0.170. The predicted octanol–water partition coefficient (Wildman–Crippen LogP) is 1.70. The molecule has 2 fully saturated rings. The number of nitrogens with zero attached hydrogens (tertiary/aromatic N) is 2. The highest BCUT2D eigenvalue weighted by Gasteiger charge is 2.35.